The van der Waals surface area contributed by atoms with Gasteiger partial charge in [-0.1, -0.05) is 12.1 Å². The SMILES string of the molecule is O=C(CCc1ccc(F)cc1)NC[C@H]1CCNC1. The maximum absolute atomic E-state index is 12.7. The van der Waals surface area contributed by atoms with Crippen molar-refractivity contribution in [1.29, 1.82) is 0 Å². The average Bonchev–Trinajstić information content (AvgIpc) is 2.89. The fourth-order valence-electron chi connectivity index (χ4n) is 2.14. The largest absolute Gasteiger partial charge is 0.356 e. The number of hydrogen-bond donors (Lipinski definition) is 2. The minimum absolute atomic E-state index is 0.0752. The van der Waals surface area contributed by atoms with Crippen molar-refractivity contribution in [2.75, 3.05) is 19.6 Å². The van der Waals surface area contributed by atoms with Gasteiger partial charge < -0.3 is 10.6 Å². The van der Waals surface area contributed by atoms with Gasteiger partial charge in [0.15, 0.2) is 0 Å². The molecule has 1 atom stereocenters. The van der Waals surface area contributed by atoms with Gasteiger partial charge in [0.25, 0.3) is 0 Å². The zero-order chi connectivity index (χ0) is 12.8. The number of nitrogens with one attached hydrogen (secondary N) is 2. The molecule has 1 aliphatic rings. The second-order valence-electron chi connectivity index (χ2n) is 4.79. The minimum atomic E-state index is -0.239. The van der Waals surface area contributed by atoms with Crippen LogP contribution in [-0.2, 0) is 11.2 Å². The van der Waals surface area contributed by atoms with Gasteiger partial charge in [-0.2, -0.15) is 0 Å². The molecule has 0 aliphatic carbocycles. The van der Waals surface area contributed by atoms with Gasteiger partial charge in [-0.25, -0.2) is 4.39 Å². The van der Waals surface area contributed by atoms with Gasteiger partial charge >= 0.3 is 0 Å². The molecule has 98 valence electrons. The Morgan fingerprint density at radius 2 is 2.17 bits per heavy atom. The van der Waals surface area contributed by atoms with Gasteiger partial charge in [-0.3, -0.25) is 4.79 Å². The molecule has 1 aromatic carbocycles. The molecule has 1 amide bonds. The molecule has 0 aromatic heterocycles. The molecule has 3 nitrogen and oxygen atoms in total. The Morgan fingerprint density at radius 3 is 2.83 bits per heavy atom. The standard InChI is InChI=1S/C14H19FN2O/c15-13-4-1-11(2-5-13)3-6-14(18)17-10-12-7-8-16-9-12/h1-2,4-5,12,16H,3,6-10H2,(H,17,18)/t12-/m0/s1. The van der Waals surface area contributed by atoms with Crippen LogP contribution in [0.2, 0.25) is 0 Å². The van der Waals surface area contributed by atoms with Gasteiger partial charge in [0.05, 0.1) is 0 Å². The summed E-state index contributed by atoms with van der Waals surface area (Å²) in [4.78, 5) is 11.6. The summed E-state index contributed by atoms with van der Waals surface area (Å²) in [5.74, 6) is 0.405. The Hall–Kier alpha value is -1.42. The van der Waals surface area contributed by atoms with Crippen LogP contribution in [0.3, 0.4) is 0 Å². The number of benzene rings is 1. The molecule has 2 N–H and O–H groups in total. The fourth-order valence-corrected chi connectivity index (χ4v) is 2.14. The van der Waals surface area contributed by atoms with Gasteiger partial charge in [0.1, 0.15) is 5.82 Å². The first-order valence-electron chi connectivity index (χ1n) is 6.46. The van der Waals surface area contributed by atoms with Crippen LogP contribution in [0.5, 0.6) is 0 Å². The van der Waals surface area contributed by atoms with Crippen molar-refractivity contribution >= 4 is 5.91 Å². The number of aryl methyl sites for hydroxylation is 1. The van der Waals surface area contributed by atoms with Gasteiger partial charge in [-0.05, 0) is 49.5 Å². The monoisotopic (exact) mass is 250 g/mol. The molecular formula is C14H19FN2O. The quantitative estimate of drug-likeness (QED) is 0.831. The van der Waals surface area contributed by atoms with E-state index in [1.54, 1.807) is 12.1 Å². The van der Waals surface area contributed by atoms with Crippen LogP contribution in [0.4, 0.5) is 4.39 Å². The number of amides is 1. The van der Waals surface area contributed by atoms with E-state index in [1.165, 1.54) is 12.1 Å². The lowest BCUT2D eigenvalue weighted by Crippen LogP contribution is -2.30. The lowest BCUT2D eigenvalue weighted by atomic mass is 10.1. The summed E-state index contributed by atoms with van der Waals surface area (Å²) in [7, 11) is 0. The molecule has 1 fully saturated rings. The van der Waals surface area contributed by atoms with Crippen molar-refractivity contribution in [2.24, 2.45) is 5.92 Å². The van der Waals surface area contributed by atoms with E-state index in [0.717, 1.165) is 31.6 Å². The molecule has 1 heterocycles. The molecule has 2 rings (SSSR count). The van der Waals surface area contributed by atoms with Crippen LogP contribution < -0.4 is 10.6 Å². The predicted octanol–water partition coefficient (Wildman–Crippen LogP) is 1.48. The van der Waals surface area contributed by atoms with E-state index < -0.39 is 0 Å². The number of halogens is 1. The van der Waals surface area contributed by atoms with E-state index in [1.807, 2.05) is 0 Å². The molecule has 0 spiro atoms. The summed E-state index contributed by atoms with van der Waals surface area (Å²) in [5, 5.41) is 6.23. The average molecular weight is 250 g/mol. The summed E-state index contributed by atoms with van der Waals surface area (Å²) in [6, 6.07) is 6.31. The predicted molar refractivity (Wildman–Crippen MR) is 68.7 cm³/mol. The fraction of sp³-hybridized carbons (Fsp3) is 0.500. The highest BCUT2D eigenvalue weighted by atomic mass is 19.1. The maximum Gasteiger partial charge on any atom is 0.220 e. The van der Waals surface area contributed by atoms with Gasteiger partial charge in [-0.15, -0.1) is 0 Å². The zero-order valence-corrected chi connectivity index (χ0v) is 10.4. The summed E-state index contributed by atoms with van der Waals surface area (Å²) in [6.07, 6.45) is 2.26. The Kier molecular flexibility index (Phi) is 4.70. The second-order valence-corrected chi connectivity index (χ2v) is 4.79. The summed E-state index contributed by atoms with van der Waals surface area (Å²) in [6.45, 7) is 2.81. The first kappa shape index (κ1) is 13.0. The maximum atomic E-state index is 12.7. The number of hydrogen-bond acceptors (Lipinski definition) is 2. The third-order valence-corrected chi connectivity index (χ3v) is 3.30. The van der Waals surface area contributed by atoms with E-state index in [2.05, 4.69) is 10.6 Å². The lowest BCUT2D eigenvalue weighted by Gasteiger charge is -2.09. The Balaban J connectivity index is 1.66. The third kappa shape index (κ3) is 4.11. The first-order chi connectivity index (χ1) is 8.74. The van der Waals surface area contributed by atoms with Crippen molar-refractivity contribution in [3.05, 3.63) is 35.6 Å². The molecule has 4 heteroatoms. The molecule has 18 heavy (non-hydrogen) atoms. The molecule has 0 saturated carbocycles. The van der Waals surface area contributed by atoms with E-state index in [0.29, 0.717) is 18.8 Å². The number of rotatable bonds is 5. The van der Waals surface area contributed by atoms with Crippen LogP contribution in [0.25, 0.3) is 0 Å². The van der Waals surface area contributed by atoms with Crippen molar-refractivity contribution in [1.82, 2.24) is 10.6 Å². The highest BCUT2D eigenvalue weighted by molar-refractivity contribution is 5.76. The van der Waals surface area contributed by atoms with Crippen LogP contribution in [0, 0.1) is 11.7 Å². The van der Waals surface area contributed by atoms with Crippen LogP contribution in [0.1, 0.15) is 18.4 Å². The highest BCUT2D eigenvalue weighted by Crippen LogP contribution is 2.07. The number of carbonyl (C=O) groups excluding carboxylic acids is 1. The molecule has 1 aromatic rings. The Labute approximate surface area is 107 Å². The molecule has 0 radical (unpaired) electrons. The van der Waals surface area contributed by atoms with Crippen LogP contribution in [0.15, 0.2) is 24.3 Å². The molecular weight excluding hydrogens is 231 g/mol. The summed E-state index contributed by atoms with van der Waals surface area (Å²) in [5.41, 5.74) is 0.995. The first-order valence-corrected chi connectivity index (χ1v) is 6.46. The normalized spacial score (nSPS) is 18.8. The van der Waals surface area contributed by atoms with E-state index >= 15 is 0 Å². The number of carbonyl (C=O) groups is 1. The van der Waals surface area contributed by atoms with Crippen molar-refractivity contribution < 1.29 is 9.18 Å². The molecule has 0 unspecified atom stereocenters. The topological polar surface area (TPSA) is 41.1 Å². The van der Waals surface area contributed by atoms with Crippen molar-refractivity contribution in [3.8, 4) is 0 Å². The summed E-state index contributed by atoms with van der Waals surface area (Å²) >= 11 is 0. The smallest absolute Gasteiger partial charge is 0.220 e. The van der Waals surface area contributed by atoms with Gasteiger partial charge in [0, 0.05) is 13.0 Å². The molecule has 0 bridgehead atoms. The van der Waals surface area contributed by atoms with E-state index in [4.69, 9.17) is 0 Å². The van der Waals surface area contributed by atoms with E-state index in [-0.39, 0.29) is 11.7 Å². The van der Waals surface area contributed by atoms with Crippen LogP contribution >= 0.6 is 0 Å². The van der Waals surface area contributed by atoms with Gasteiger partial charge in [0.2, 0.25) is 5.91 Å². The van der Waals surface area contributed by atoms with Crippen molar-refractivity contribution in [2.45, 2.75) is 19.3 Å². The lowest BCUT2D eigenvalue weighted by molar-refractivity contribution is -0.121. The van der Waals surface area contributed by atoms with Crippen LogP contribution in [-0.4, -0.2) is 25.5 Å². The minimum Gasteiger partial charge on any atom is -0.356 e. The zero-order valence-electron chi connectivity index (χ0n) is 10.4. The summed E-state index contributed by atoms with van der Waals surface area (Å²) < 4.78 is 12.7. The molecule has 1 aliphatic heterocycles. The highest BCUT2D eigenvalue weighted by Gasteiger charge is 2.14. The molecule has 1 saturated heterocycles. The van der Waals surface area contributed by atoms with E-state index in [9.17, 15) is 9.18 Å². The second kappa shape index (κ2) is 6.50. The Bertz CT molecular complexity index is 385. The Morgan fingerprint density at radius 1 is 1.39 bits per heavy atom. The van der Waals surface area contributed by atoms with Crippen molar-refractivity contribution in [3.63, 3.8) is 0 Å². The third-order valence-electron chi connectivity index (χ3n) is 3.30.